The molecule has 1 heterocycles. The number of rotatable bonds is 3. The lowest BCUT2D eigenvalue weighted by atomic mass is 10.1. The van der Waals surface area contributed by atoms with Gasteiger partial charge in [0.05, 0.1) is 25.1 Å². The predicted octanol–water partition coefficient (Wildman–Crippen LogP) is 2.59. The van der Waals surface area contributed by atoms with Gasteiger partial charge < -0.3 is 15.4 Å². The maximum atomic E-state index is 12.1. The number of hydrogen-bond acceptors (Lipinski definition) is 3. The monoisotopic (exact) mass is 296 g/mol. The minimum atomic E-state index is -0.105. The van der Waals surface area contributed by atoms with Gasteiger partial charge in [0.15, 0.2) is 0 Å². The van der Waals surface area contributed by atoms with Gasteiger partial charge in [0.2, 0.25) is 11.8 Å². The molecule has 1 aliphatic rings. The normalized spacial score (nSPS) is 13.4. The molecule has 112 valence electrons. The highest BCUT2D eigenvalue weighted by Gasteiger charge is 2.14. The number of carbonyl (C=O) groups is 2. The van der Waals surface area contributed by atoms with Crippen molar-refractivity contribution in [1.29, 1.82) is 0 Å². The van der Waals surface area contributed by atoms with E-state index in [1.807, 2.05) is 30.3 Å². The molecular weight excluding hydrogens is 280 g/mol. The Hall–Kier alpha value is -2.82. The summed E-state index contributed by atoms with van der Waals surface area (Å²) >= 11 is 0. The average Bonchev–Trinajstić information content (AvgIpc) is 2.68. The Morgan fingerprint density at radius 2 is 2.00 bits per heavy atom. The summed E-state index contributed by atoms with van der Waals surface area (Å²) in [5.41, 5.74) is 2.16. The molecule has 1 aliphatic heterocycles. The molecule has 5 nitrogen and oxygen atoms in total. The lowest BCUT2D eigenvalue weighted by molar-refractivity contribution is -0.116. The first-order valence-corrected chi connectivity index (χ1v) is 7.11. The van der Waals surface area contributed by atoms with Gasteiger partial charge in [-0.3, -0.25) is 9.59 Å². The fourth-order valence-electron chi connectivity index (χ4n) is 2.28. The topological polar surface area (TPSA) is 67.4 Å². The number of benzene rings is 2. The number of fused-ring (bicyclic) bond motifs is 1. The third-order valence-corrected chi connectivity index (χ3v) is 3.33. The summed E-state index contributed by atoms with van der Waals surface area (Å²) in [5, 5.41) is 5.60. The first-order valence-electron chi connectivity index (χ1n) is 7.11. The van der Waals surface area contributed by atoms with E-state index < -0.39 is 0 Å². The Balaban J connectivity index is 1.70. The van der Waals surface area contributed by atoms with E-state index in [9.17, 15) is 9.59 Å². The first-order chi connectivity index (χ1) is 10.7. The summed E-state index contributed by atoms with van der Waals surface area (Å²) in [4.78, 5) is 23.6. The maximum Gasteiger partial charge on any atom is 0.228 e. The number of nitrogens with one attached hydrogen (secondary N) is 2. The number of anilines is 2. The highest BCUT2D eigenvalue weighted by atomic mass is 16.5. The molecule has 2 aromatic rings. The lowest BCUT2D eigenvalue weighted by Gasteiger charge is -2.10. The summed E-state index contributed by atoms with van der Waals surface area (Å²) in [6.45, 7) is 0.360. The van der Waals surface area contributed by atoms with Crippen LogP contribution < -0.4 is 15.4 Å². The van der Waals surface area contributed by atoms with Crippen molar-refractivity contribution in [3.8, 4) is 5.75 Å². The molecule has 5 heteroatoms. The smallest absolute Gasteiger partial charge is 0.228 e. The molecule has 22 heavy (non-hydrogen) atoms. The second kappa shape index (κ2) is 6.30. The highest BCUT2D eigenvalue weighted by molar-refractivity contribution is 5.96. The third-order valence-electron chi connectivity index (χ3n) is 3.33. The van der Waals surface area contributed by atoms with E-state index in [4.69, 9.17) is 4.74 Å². The van der Waals surface area contributed by atoms with E-state index in [1.165, 1.54) is 0 Å². The molecule has 0 saturated heterocycles. The van der Waals surface area contributed by atoms with Crippen LogP contribution in [0.25, 0.3) is 0 Å². The molecule has 2 N–H and O–H groups in total. The average molecular weight is 296 g/mol. The quantitative estimate of drug-likeness (QED) is 0.915. The Morgan fingerprint density at radius 3 is 2.82 bits per heavy atom. The summed E-state index contributed by atoms with van der Waals surface area (Å²) < 4.78 is 5.48. The minimum absolute atomic E-state index is 0.0912. The second-order valence-electron chi connectivity index (χ2n) is 5.07. The molecule has 0 atom stereocenters. The van der Waals surface area contributed by atoms with Crippen molar-refractivity contribution in [2.45, 2.75) is 12.8 Å². The third kappa shape index (κ3) is 3.44. The minimum Gasteiger partial charge on any atom is -0.491 e. The van der Waals surface area contributed by atoms with Crippen LogP contribution in [0.15, 0.2) is 48.5 Å². The first kappa shape index (κ1) is 14.1. The van der Waals surface area contributed by atoms with Gasteiger partial charge in [-0.15, -0.1) is 0 Å². The van der Waals surface area contributed by atoms with E-state index in [1.54, 1.807) is 18.2 Å². The number of hydrogen-bond donors (Lipinski definition) is 2. The number of carbonyl (C=O) groups excluding carboxylic acids is 2. The van der Waals surface area contributed by atoms with Gasteiger partial charge in [0.1, 0.15) is 5.75 Å². The Kier molecular flexibility index (Phi) is 4.05. The SMILES string of the molecule is O=C(Cc1ccccc1)Nc1ccc2c(c1)NC(=O)CCO2. The van der Waals surface area contributed by atoms with Crippen LogP contribution in [0.4, 0.5) is 11.4 Å². The fraction of sp³-hybridized carbons (Fsp3) is 0.176. The predicted molar refractivity (Wildman–Crippen MR) is 84.0 cm³/mol. The molecule has 0 saturated carbocycles. The molecule has 0 spiro atoms. The van der Waals surface area contributed by atoms with Crippen LogP contribution in [0, 0.1) is 0 Å². The van der Waals surface area contributed by atoms with Gasteiger partial charge in [0, 0.05) is 5.69 Å². The van der Waals surface area contributed by atoms with Crippen LogP contribution in [0.2, 0.25) is 0 Å². The summed E-state index contributed by atoms with van der Waals surface area (Å²) in [5.74, 6) is 0.422. The largest absolute Gasteiger partial charge is 0.491 e. The Bertz CT molecular complexity index is 698. The molecule has 0 aromatic heterocycles. The molecule has 2 aromatic carbocycles. The van der Waals surface area contributed by atoms with E-state index in [-0.39, 0.29) is 11.8 Å². The van der Waals surface area contributed by atoms with Crippen molar-refractivity contribution in [2.24, 2.45) is 0 Å². The Morgan fingerprint density at radius 1 is 1.18 bits per heavy atom. The summed E-state index contributed by atoms with van der Waals surface area (Å²) in [6.07, 6.45) is 0.630. The van der Waals surface area contributed by atoms with E-state index >= 15 is 0 Å². The molecular formula is C17H16N2O3. The molecule has 0 fully saturated rings. The zero-order valence-corrected chi connectivity index (χ0v) is 12.0. The van der Waals surface area contributed by atoms with Gasteiger partial charge in [-0.05, 0) is 23.8 Å². The van der Waals surface area contributed by atoms with Crippen molar-refractivity contribution in [3.63, 3.8) is 0 Å². The van der Waals surface area contributed by atoms with Gasteiger partial charge in [-0.1, -0.05) is 30.3 Å². The van der Waals surface area contributed by atoms with Crippen LogP contribution >= 0.6 is 0 Å². The Labute approximate surface area is 128 Å². The number of ether oxygens (including phenoxy) is 1. The van der Waals surface area contributed by atoms with Gasteiger partial charge in [-0.2, -0.15) is 0 Å². The van der Waals surface area contributed by atoms with Crippen LogP contribution in [0.3, 0.4) is 0 Å². The van der Waals surface area contributed by atoms with Crippen molar-refractivity contribution < 1.29 is 14.3 Å². The van der Waals surface area contributed by atoms with Crippen LogP contribution in [-0.2, 0) is 16.0 Å². The molecule has 0 aliphatic carbocycles. The lowest BCUT2D eigenvalue weighted by Crippen LogP contribution is -2.15. The van der Waals surface area contributed by atoms with Crippen LogP contribution in [0.5, 0.6) is 5.75 Å². The second-order valence-corrected chi connectivity index (χ2v) is 5.07. The molecule has 0 bridgehead atoms. The van der Waals surface area contributed by atoms with Gasteiger partial charge >= 0.3 is 0 Å². The molecule has 2 amide bonds. The van der Waals surface area contributed by atoms with Crippen LogP contribution in [-0.4, -0.2) is 18.4 Å². The highest BCUT2D eigenvalue weighted by Crippen LogP contribution is 2.30. The van der Waals surface area contributed by atoms with E-state index in [2.05, 4.69) is 10.6 Å². The van der Waals surface area contributed by atoms with E-state index in [0.717, 1.165) is 5.56 Å². The maximum absolute atomic E-state index is 12.1. The van der Waals surface area contributed by atoms with Gasteiger partial charge in [-0.25, -0.2) is 0 Å². The van der Waals surface area contributed by atoms with Crippen molar-refractivity contribution in [3.05, 3.63) is 54.1 Å². The zero-order valence-electron chi connectivity index (χ0n) is 12.0. The van der Waals surface area contributed by atoms with E-state index in [0.29, 0.717) is 36.6 Å². The molecule has 3 rings (SSSR count). The molecule has 0 unspecified atom stereocenters. The zero-order chi connectivity index (χ0) is 15.4. The van der Waals surface area contributed by atoms with Crippen molar-refractivity contribution in [2.75, 3.05) is 17.2 Å². The summed E-state index contributed by atoms with van der Waals surface area (Å²) in [7, 11) is 0. The van der Waals surface area contributed by atoms with Crippen molar-refractivity contribution in [1.82, 2.24) is 0 Å². The fourth-order valence-corrected chi connectivity index (χ4v) is 2.28. The standard InChI is InChI=1S/C17H16N2O3/c20-16-8-9-22-15-7-6-13(11-14(15)19-16)18-17(21)10-12-4-2-1-3-5-12/h1-7,11H,8-10H2,(H,18,21)(H,19,20). The number of amides is 2. The molecule has 0 radical (unpaired) electrons. The van der Waals surface area contributed by atoms with Crippen LogP contribution in [0.1, 0.15) is 12.0 Å². The van der Waals surface area contributed by atoms with Gasteiger partial charge in [0.25, 0.3) is 0 Å². The van der Waals surface area contributed by atoms with Crippen molar-refractivity contribution >= 4 is 23.2 Å². The summed E-state index contributed by atoms with van der Waals surface area (Å²) in [6, 6.07) is 14.8.